The minimum atomic E-state index is -0.474. The van der Waals surface area contributed by atoms with Crippen molar-refractivity contribution in [1.29, 1.82) is 0 Å². The van der Waals surface area contributed by atoms with Crippen LogP contribution in [0.4, 0.5) is 5.69 Å². The van der Waals surface area contributed by atoms with Gasteiger partial charge >= 0.3 is 11.9 Å². The maximum absolute atomic E-state index is 12.8. The molecule has 0 saturated heterocycles. The van der Waals surface area contributed by atoms with Gasteiger partial charge in [-0.1, -0.05) is 50.3 Å². The summed E-state index contributed by atoms with van der Waals surface area (Å²) in [6, 6.07) is 12.7. The first-order chi connectivity index (χ1) is 22.4. The summed E-state index contributed by atoms with van der Waals surface area (Å²) in [6.07, 6.45) is 9.70. The van der Waals surface area contributed by atoms with Crippen LogP contribution in [0.1, 0.15) is 92.6 Å². The predicted molar refractivity (Wildman–Crippen MR) is 175 cm³/mol. The Labute approximate surface area is 271 Å². The third-order valence-corrected chi connectivity index (χ3v) is 8.39. The molecule has 1 saturated carbocycles. The van der Waals surface area contributed by atoms with Crippen molar-refractivity contribution in [3.05, 3.63) is 59.2 Å². The summed E-state index contributed by atoms with van der Waals surface area (Å²) in [5.74, 6) is 0.182. The van der Waals surface area contributed by atoms with E-state index >= 15 is 0 Å². The number of esters is 2. The van der Waals surface area contributed by atoms with E-state index in [-0.39, 0.29) is 44.3 Å². The molecule has 0 atom stereocenters. The van der Waals surface area contributed by atoms with Gasteiger partial charge in [0.05, 0.1) is 37.6 Å². The van der Waals surface area contributed by atoms with E-state index in [1.807, 2.05) is 23.1 Å². The van der Waals surface area contributed by atoms with Gasteiger partial charge in [-0.05, 0) is 62.4 Å². The third kappa shape index (κ3) is 10.2. The van der Waals surface area contributed by atoms with Crippen molar-refractivity contribution in [2.75, 3.05) is 32.9 Å². The van der Waals surface area contributed by atoms with Gasteiger partial charge in [-0.15, -0.1) is 0 Å². The number of fused-ring (bicyclic) bond motifs is 1. The second kappa shape index (κ2) is 18.1. The van der Waals surface area contributed by atoms with Gasteiger partial charge in [-0.25, -0.2) is 9.79 Å². The Balaban J connectivity index is 1.19. The molecule has 0 spiro atoms. The van der Waals surface area contributed by atoms with E-state index in [4.69, 9.17) is 19.9 Å². The lowest BCUT2D eigenvalue weighted by molar-refractivity contribution is -0.145. The zero-order valence-corrected chi connectivity index (χ0v) is 27.0. The summed E-state index contributed by atoms with van der Waals surface area (Å²) in [7, 11) is 0. The van der Waals surface area contributed by atoms with Crippen molar-refractivity contribution in [3.63, 3.8) is 0 Å². The molecular weight excluding hydrogens is 588 g/mol. The molecule has 2 aromatic carbocycles. The molecule has 4 rings (SSSR count). The van der Waals surface area contributed by atoms with E-state index in [9.17, 15) is 19.5 Å². The highest BCUT2D eigenvalue weighted by Crippen LogP contribution is 2.33. The standard InChI is InChI=1S/C35H48N4O7/c1-2-44-34(43)27-13-10-12-26(22-27)25-46-33(42)24-38-23-29-30(37-35(38)36)16-11-17-31(29)45-21-9-4-3-8-18-32(41)39(19-20-40)28-14-6-5-7-15-28/h10-13,16-17,22,28,40H,2-9,14-15,18-21,23-25H2,1H3,(H2,36,37). The molecule has 11 heteroatoms. The van der Waals surface area contributed by atoms with Crippen molar-refractivity contribution in [1.82, 2.24) is 9.80 Å². The van der Waals surface area contributed by atoms with Crippen molar-refractivity contribution < 1.29 is 33.7 Å². The fourth-order valence-electron chi connectivity index (χ4n) is 5.99. The van der Waals surface area contributed by atoms with E-state index in [0.29, 0.717) is 48.7 Å². The molecule has 1 heterocycles. The molecule has 0 bridgehead atoms. The molecule has 1 amide bonds. The minimum Gasteiger partial charge on any atom is -0.493 e. The molecule has 1 fully saturated rings. The Morgan fingerprint density at radius 1 is 1.02 bits per heavy atom. The quantitative estimate of drug-likeness (QED) is 0.184. The van der Waals surface area contributed by atoms with Crippen LogP contribution in [-0.2, 0) is 32.2 Å². The van der Waals surface area contributed by atoms with Crippen LogP contribution in [0.25, 0.3) is 0 Å². The van der Waals surface area contributed by atoms with Crippen LogP contribution >= 0.6 is 0 Å². The van der Waals surface area contributed by atoms with E-state index in [1.54, 1.807) is 36.1 Å². The number of aliphatic hydroxyl groups excluding tert-OH is 1. The SMILES string of the molecule is CCOC(=O)c1cccc(COC(=O)CN2Cc3c(cccc3OCCCCCCC(=O)N(CCO)C3CCCCC3)N=C2N)c1. The van der Waals surface area contributed by atoms with Gasteiger partial charge in [0.1, 0.15) is 18.9 Å². The van der Waals surface area contributed by atoms with Crippen molar-refractivity contribution in [3.8, 4) is 5.75 Å². The molecule has 2 aromatic rings. The van der Waals surface area contributed by atoms with Gasteiger partial charge in [-0.2, -0.15) is 0 Å². The van der Waals surface area contributed by atoms with Crippen molar-refractivity contribution in [2.24, 2.45) is 10.7 Å². The first-order valence-corrected chi connectivity index (χ1v) is 16.6. The highest BCUT2D eigenvalue weighted by molar-refractivity contribution is 5.89. The first kappa shape index (κ1) is 34.7. The lowest BCUT2D eigenvalue weighted by Gasteiger charge is -2.34. The van der Waals surface area contributed by atoms with E-state index in [2.05, 4.69) is 4.99 Å². The third-order valence-electron chi connectivity index (χ3n) is 8.39. The average Bonchev–Trinajstić information content (AvgIpc) is 3.07. The van der Waals surface area contributed by atoms with Crippen LogP contribution < -0.4 is 10.5 Å². The topological polar surface area (TPSA) is 144 Å². The average molecular weight is 637 g/mol. The number of benzene rings is 2. The molecule has 0 aromatic heterocycles. The molecule has 0 unspecified atom stereocenters. The number of amides is 1. The van der Waals surface area contributed by atoms with Crippen LogP contribution in [0, 0.1) is 0 Å². The van der Waals surface area contributed by atoms with Crippen LogP contribution in [0.3, 0.4) is 0 Å². The van der Waals surface area contributed by atoms with Crippen LogP contribution in [0.15, 0.2) is 47.5 Å². The van der Waals surface area contributed by atoms with Gasteiger partial charge in [0.2, 0.25) is 5.91 Å². The molecule has 250 valence electrons. The molecule has 3 N–H and O–H groups in total. The Hall–Kier alpha value is -4.12. The normalized spacial score (nSPS) is 14.7. The Morgan fingerprint density at radius 3 is 2.59 bits per heavy atom. The molecule has 1 aliphatic heterocycles. The number of unbranched alkanes of at least 4 members (excludes halogenated alkanes) is 3. The van der Waals surface area contributed by atoms with E-state index in [0.717, 1.165) is 56.9 Å². The molecule has 11 nitrogen and oxygen atoms in total. The maximum atomic E-state index is 12.8. The van der Waals surface area contributed by atoms with Crippen LogP contribution in [0.2, 0.25) is 0 Å². The highest BCUT2D eigenvalue weighted by atomic mass is 16.5. The van der Waals surface area contributed by atoms with Crippen LogP contribution in [0.5, 0.6) is 5.75 Å². The summed E-state index contributed by atoms with van der Waals surface area (Å²) in [4.78, 5) is 45.6. The Morgan fingerprint density at radius 2 is 1.80 bits per heavy atom. The lowest BCUT2D eigenvalue weighted by Crippen LogP contribution is -2.43. The zero-order chi connectivity index (χ0) is 32.7. The number of carbonyl (C=O) groups is 3. The number of aliphatic hydroxyl groups is 1. The van der Waals surface area contributed by atoms with Gasteiger partial charge < -0.3 is 34.9 Å². The van der Waals surface area contributed by atoms with E-state index < -0.39 is 11.9 Å². The summed E-state index contributed by atoms with van der Waals surface area (Å²) < 4.78 is 16.6. The fraction of sp³-hybridized carbons (Fsp3) is 0.543. The number of hydrogen-bond acceptors (Lipinski definition) is 10. The molecule has 1 aliphatic carbocycles. The number of nitrogens with zero attached hydrogens (tertiary/aromatic N) is 3. The smallest absolute Gasteiger partial charge is 0.338 e. The van der Waals surface area contributed by atoms with Crippen molar-refractivity contribution >= 4 is 29.5 Å². The number of nitrogens with two attached hydrogens (primary N) is 1. The van der Waals surface area contributed by atoms with Gasteiger partial charge in [0.15, 0.2) is 5.96 Å². The summed E-state index contributed by atoms with van der Waals surface area (Å²) in [5, 5.41) is 9.46. The van der Waals surface area contributed by atoms with Gasteiger partial charge in [0.25, 0.3) is 0 Å². The summed E-state index contributed by atoms with van der Waals surface area (Å²) in [5.41, 5.74) is 8.82. The molecule has 0 radical (unpaired) electrons. The van der Waals surface area contributed by atoms with Gasteiger partial charge in [0, 0.05) is 24.6 Å². The molecular formula is C35H48N4O7. The number of hydrogen-bond donors (Lipinski definition) is 2. The minimum absolute atomic E-state index is 0.0112. The van der Waals surface area contributed by atoms with Crippen molar-refractivity contribution in [2.45, 2.75) is 90.3 Å². The Bertz CT molecular complexity index is 1340. The number of aliphatic imine (C=N–C) groups is 1. The number of ether oxygens (including phenoxy) is 3. The number of rotatable bonds is 17. The monoisotopic (exact) mass is 636 g/mol. The number of guanidine groups is 1. The highest BCUT2D eigenvalue weighted by Gasteiger charge is 2.25. The van der Waals surface area contributed by atoms with E-state index in [1.165, 1.54) is 6.42 Å². The maximum Gasteiger partial charge on any atom is 0.338 e. The number of carbonyl (C=O) groups excluding carboxylic acids is 3. The second-order valence-corrected chi connectivity index (χ2v) is 11.8. The molecule has 46 heavy (non-hydrogen) atoms. The zero-order valence-electron chi connectivity index (χ0n) is 27.0. The van der Waals surface area contributed by atoms with Crippen LogP contribution in [-0.4, -0.2) is 77.7 Å². The van der Waals surface area contributed by atoms with Gasteiger partial charge in [-0.3, -0.25) is 9.59 Å². The fourth-order valence-corrected chi connectivity index (χ4v) is 5.99. The second-order valence-electron chi connectivity index (χ2n) is 11.8. The lowest BCUT2D eigenvalue weighted by atomic mass is 9.94. The largest absolute Gasteiger partial charge is 0.493 e. The Kier molecular flexibility index (Phi) is 13.7. The molecule has 2 aliphatic rings. The predicted octanol–water partition coefficient (Wildman–Crippen LogP) is 4.85. The summed E-state index contributed by atoms with van der Waals surface area (Å²) in [6.45, 7) is 3.26. The summed E-state index contributed by atoms with van der Waals surface area (Å²) >= 11 is 0. The first-order valence-electron chi connectivity index (χ1n) is 16.6.